The molecule has 2 saturated heterocycles. The first-order chi connectivity index (χ1) is 18.5. The van der Waals surface area contributed by atoms with Crippen LogP contribution in [0.4, 0.5) is 0 Å². The predicted molar refractivity (Wildman–Crippen MR) is 145 cm³/mol. The molecule has 3 aliphatic heterocycles. The molecule has 14 heteroatoms. The summed E-state index contributed by atoms with van der Waals surface area (Å²) in [4.78, 5) is 52.1. The van der Waals surface area contributed by atoms with E-state index in [0.29, 0.717) is 23.3 Å². The third kappa shape index (κ3) is 5.02. The van der Waals surface area contributed by atoms with Gasteiger partial charge in [-0.05, 0) is 29.7 Å². The SMILES string of the molecule is [B]c1cc(C([B])([B])Oc2cccc3c2CN(C2CCC(=O)NC2=O)C3=O)cc([B])c1C([B])N1CCOCC1=O. The molecule has 4 amide bonds. The number of hydrogen-bond donors (Lipinski definition) is 1. The van der Waals surface area contributed by atoms with Gasteiger partial charge in [0.25, 0.3) is 5.91 Å². The zero-order chi connectivity index (χ0) is 28.1. The van der Waals surface area contributed by atoms with Crippen LogP contribution in [0, 0.1) is 0 Å². The maximum Gasteiger partial charge on any atom is 0.255 e. The van der Waals surface area contributed by atoms with Crippen LogP contribution in [0.15, 0.2) is 30.3 Å². The first kappa shape index (κ1) is 27.2. The largest absolute Gasteiger partial charge is 0.502 e. The minimum atomic E-state index is -1.93. The standard InChI is InChI=1S/C25H20B5N3O6/c26-15-8-12(9-16(27)21(15)22(28)32-6-7-38-11-20(32)35)25(29,30)39-18-3-1-2-13-14(18)10-33(24(13)37)17-4-5-19(34)31-23(17)36/h1-3,8-9,17,22H,4-7,10-11H2,(H,31,34,36). The summed E-state index contributed by atoms with van der Waals surface area (Å²) in [7, 11) is 31.6. The lowest BCUT2D eigenvalue weighted by molar-refractivity contribution is -0.143. The monoisotopic (exact) mass is 513 g/mol. The molecule has 0 saturated carbocycles. The van der Waals surface area contributed by atoms with Crippen LogP contribution in [-0.4, -0.2) is 98.5 Å². The Labute approximate surface area is 232 Å². The number of nitrogens with zero attached hydrogens (tertiary/aromatic N) is 2. The van der Waals surface area contributed by atoms with Crippen LogP contribution < -0.4 is 21.0 Å². The zero-order valence-corrected chi connectivity index (χ0v) is 21.0. The zero-order valence-electron chi connectivity index (χ0n) is 21.0. The molecule has 2 atom stereocenters. The highest BCUT2D eigenvalue weighted by Gasteiger charge is 2.40. The third-order valence-electron chi connectivity index (χ3n) is 7.17. The van der Waals surface area contributed by atoms with Gasteiger partial charge in [-0.3, -0.25) is 24.5 Å². The quantitative estimate of drug-likeness (QED) is 0.342. The van der Waals surface area contributed by atoms with Crippen molar-refractivity contribution >= 4 is 73.8 Å². The van der Waals surface area contributed by atoms with E-state index in [2.05, 4.69) is 5.32 Å². The van der Waals surface area contributed by atoms with E-state index < -0.39 is 23.3 Å². The average molecular weight is 513 g/mol. The normalized spacial score (nSPS) is 20.6. The molecule has 39 heavy (non-hydrogen) atoms. The molecule has 2 aromatic carbocycles. The summed E-state index contributed by atoms with van der Waals surface area (Å²) < 4.78 is 11.2. The molecule has 10 radical (unpaired) electrons. The lowest BCUT2D eigenvalue weighted by Gasteiger charge is -2.36. The van der Waals surface area contributed by atoms with Crippen molar-refractivity contribution in [1.82, 2.24) is 15.1 Å². The molecule has 0 aliphatic carbocycles. The van der Waals surface area contributed by atoms with Gasteiger partial charge in [0.2, 0.25) is 17.7 Å². The number of morpholine rings is 1. The smallest absolute Gasteiger partial charge is 0.255 e. The van der Waals surface area contributed by atoms with Gasteiger partial charge in [-0.1, -0.05) is 29.1 Å². The number of ether oxygens (including phenoxy) is 2. The number of rotatable bonds is 6. The Morgan fingerprint density at radius 2 is 1.82 bits per heavy atom. The van der Waals surface area contributed by atoms with Gasteiger partial charge in [-0.15, -0.1) is 0 Å². The number of imide groups is 1. The van der Waals surface area contributed by atoms with Crippen LogP contribution in [0.1, 0.15) is 45.8 Å². The second-order valence-electron chi connectivity index (χ2n) is 9.73. The molecule has 0 spiro atoms. The van der Waals surface area contributed by atoms with Gasteiger partial charge in [0.15, 0.2) is 0 Å². The van der Waals surface area contributed by atoms with E-state index in [-0.39, 0.29) is 72.5 Å². The van der Waals surface area contributed by atoms with E-state index in [1.807, 2.05) is 0 Å². The molecule has 1 N–H and O–H groups in total. The van der Waals surface area contributed by atoms with Gasteiger partial charge in [-0.25, -0.2) is 0 Å². The van der Waals surface area contributed by atoms with Gasteiger partial charge in [-0.2, -0.15) is 0 Å². The maximum absolute atomic E-state index is 13.1. The average Bonchev–Trinajstić information content (AvgIpc) is 3.21. The molecule has 9 nitrogen and oxygen atoms in total. The molecule has 3 aliphatic rings. The van der Waals surface area contributed by atoms with E-state index in [4.69, 9.17) is 48.7 Å². The molecule has 186 valence electrons. The molecule has 0 bridgehead atoms. The van der Waals surface area contributed by atoms with Gasteiger partial charge in [0.1, 0.15) is 57.6 Å². The number of nitrogens with one attached hydrogen (secondary N) is 1. The van der Waals surface area contributed by atoms with Crippen LogP contribution in [0.25, 0.3) is 0 Å². The topological polar surface area (TPSA) is 105 Å². The Morgan fingerprint density at radius 1 is 1.10 bits per heavy atom. The van der Waals surface area contributed by atoms with Crippen molar-refractivity contribution in [1.29, 1.82) is 0 Å². The van der Waals surface area contributed by atoms with E-state index >= 15 is 0 Å². The van der Waals surface area contributed by atoms with Crippen molar-refractivity contribution in [2.75, 3.05) is 19.8 Å². The Balaban J connectivity index is 1.39. The van der Waals surface area contributed by atoms with Gasteiger partial charge < -0.3 is 19.3 Å². The number of carbonyl (C=O) groups is 4. The summed E-state index contributed by atoms with van der Waals surface area (Å²) in [5, 5.41) is 0.340. The fourth-order valence-corrected chi connectivity index (χ4v) is 5.14. The van der Waals surface area contributed by atoms with Crippen molar-refractivity contribution in [2.45, 2.75) is 36.8 Å². The first-order valence-corrected chi connectivity index (χ1v) is 12.3. The Hall–Kier alpha value is -3.40. The minimum Gasteiger partial charge on any atom is -0.502 e. The van der Waals surface area contributed by atoms with E-state index in [9.17, 15) is 19.2 Å². The van der Waals surface area contributed by atoms with Gasteiger partial charge in [0.05, 0.1) is 13.2 Å². The van der Waals surface area contributed by atoms with Crippen LogP contribution in [0.5, 0.6) is 5.75 Å². The first-order valence-electron chi connectivity index (χ1n) is 12.3. The van der Waals surface area contributed by atoms with Gasteiger partial charge >= 0.3 is 0 Å². The second kappa shape index (κ2) is 10.3. The number of hydrogen-bond acceptors (Lipinski definition) is 6. The van der Waals surface area contributed by atoms with Crippen molar-refractivity contribution < 1.29 is 28.7 Å². The molecule has 0 aromatic heterocycles. The predicted octanol–water partition coefficient (Wildman–Crippen LogP) is -2.41. The highest BCUT2D eigenvalue weighted by molar-refractivity contribution is 6.43. The van der Waals surface area contributed by atoms with Crippen LogP contribution in [0.2, 0.25) is 0 Å². The van der Waals surface area contributed by atoms with Crippen LogP contribution in [0.3, 0.4) is 0 Å². The summed E-state index contributed by atoms with van der Waals surface area (Å²) in [5.41, 5.74) is 1.74. The van der Waals surface area contributed by atoms with E-state index in [1.165, 1.54) is 21.9 Å². The van der Waals surface area contributed by atoms with E-state index in [1.54, 1.807) is 18.2 Å². The Bertz CT molecular complexity index is 1360. The number of amides is 4. The minimum absolute atomic E-state index is 0.0678. The Kier molecular flexibility index (Phi) is 7.18. The van der Waals surface area contributed by atoms with Crippen LogP contribution in [-0.2, 0) is 31.1 Å². The van der Waals surface area contributed by atoms with Crippen molar-refractivity contribution in [3.05, 3.63) is 52.6 Å². The highest BCUT2D eigenvalue weighted by atomic mass is 16.5. The molecule has 2 fully saturated rings. The number of benzene rings is 2. The summed E-state index contributed by atoms with van der Waals surface area (Å²) in [6.45, 7) is 0.608. The van der Waals surface area contributed by atoms with Crippen molar-refractivity contribution in [2.24, 2.45) is 0 Å². The maximum atomic E-state index is 13.1. The molecule has 2 aromatic rings. The summed E-state index contributed by atoms with van der Waals surface area (Å²) in [6.07, 6.45) is 0.359. The lowest BCUT2D eigenvalue weighted by Crippen LogP contribution is -2.52. The second-order valence-corrected chi connectivity index (χ2v) is 9.73. The lowest BCUT2D eigenvalue weighted by atomic mass is 9.59. The molecule has 3 heterocycles. The van der Waals surface area contributed by atoms with Crippen molar-refractivity contribution in [3.63, 3.8) is 0 Å². The van der Waals surface area contributed by atoms with Gasteiger partial charge in [0, 0.05) is 35.4 Å². The molecule has 5 rings (SSSR count). The number of fused-ring (bicyclic) bond motifs is 1. The third-order valence-corrected chi connectivity index (χ3v) is 7.17. The van der Waals surface area contributed by atoms with Crippen LogP contribution >= 0.6 is 0 Å². The highest BCUT2D eigenvalue weighted by Crippen LogP contribution is 2.36. The summed E-state index contributed by atoms with van der Waals surface area (Å²) >= 11 is 0. The fraction of sp³-hybridized carbons (Fsp3) is 0.360. The van der Waals surface area contributed by atoms with Crippen molar-refractivity contribution in [3.8, 4) is 5.75 Å². The summed E-state index contributed by atoms with van der Waals surface area (Å²) in [5.74, 6) is -2.22. The molecule has 2 unspecified atom stereocenters. The van der Waals surface area contributed by atoms with E-state index in [0.717, 1.165) is 0 Å². The molecular formula is C25H20B5N3O6. The number of carbonyl (C=O) groups excluding carboxylic acids is 4. The summed E-state index contributed by atoms with van der Waals surface area (Å²) in [6, 6.07) is 6.99. The number of piperidine rings is 1. The fourth-order valence-electron chi connectivity index (χ4n) is 5.14. The Morgan fingerprint density at radius 3 is 2.49 bits per heavy atom. The molecular weight excluding hydrogens is 492 g/mol.